The molecule has 2 rings (SSSR count). The van der Waals surface area contributed by atoms with Crippen molar-refractivity contribution in [2.45, 2.75) is 77.3 Å². The van der Waals surface area contributed by atoms with Crippen molar-refractivity contribution >= 4 is 0 Å². The average Bonchev–Trinajstić information content (AvgIpc) is 2.72. The zero-order valence-electron chi connectivity index (χ0n) is 17.3. The van der Waals surface area contributed by atoms with Crippen LogP contribution in [-0.2, 0) is 6.61 Å². The summed E-state index contributed by atoms with van der Waals surface area (Å²) in [6.07, 6.45) is 3.13. The lowest BCUT2D eigenvalue weighted by atomic mass is 9.88. The third kappa shape index (κ3) is 6.62. The van der Waals surface area contributed by atoms with Gasteiger partial charge in [-0.15, -0.1) is 0 Å². The molecule has 0 aliphatic carbocycles. The molecule has 0 aromatic heterocycles. The predicted octanol–water partition coefficient (Wildman–Crippen LogP) is 5.07. The molecule has 0 saturated heterocycles. The summed E-state index contributed by atoms with van der Waals surface area (Å²) in [5.41, 5.74) is 2.22. The Morgan fingerprint density at radius 2 is 1.46 bits per heavy atom. The summed E-state index contributed by atoms with van der Waals surface area (Å²) in [6.45, 7) is 6.76. The second kappa shape index (κ2) is 10.6. The van der Waals surface area contributed by atoms with Crippen LogP contribution < -0.4 is 4.74 Å². The molecule has 0 bridgehead atoms. The number of hydrogen-bond acceptors (Lipinski definition) is 4. The number of ether oxygens (including phenoxy) is 1. The minimum Gasteiger partial charge on any atom is -0.489 e. The van der Waals surface area contributed by atoms with Crippen LogP contribution in [0.3, 0.4) is 0 Å². The molecule has 3 N–H and O–H groups in total. The van der Waals surface area contributed by atoms with Gasteiger partial charge in [0.05, 0.1) is 5.60 Å². The maximum absolute atomic E-state index is 10.4. The first-order valence-corrected chi connectivity index (χ1v) is 10.3. The first-order valence-electron chi connectivity index (χ1n) is 10.3. The molecule has 0 spiro atoms. The molecular formula is C24H34O4. The van der Waals surface area contributed by atoms with Crippen LogP contribution in [0.2, 0.25) is 0 Å². The fourth-order valence-corrected chi connectivity index (χ4v) is 3.35. The normalized spacial score (nSPS) is 13.0. The monoisotopic (exact) mass is 386 g/mol. The maximum atomic E-state index is 10.4. The Balaban J connectivity index is 1.82. The van der Waals surface area contributed by atoms with Crippen molar-refractivity contribution in [2.75, 3.05) is 0 Å². The summed E-state index contributed by atoms with van der Waals surface area (Å²) in [4.78, 5) is 0. The highest BCUT2D eigenvalue weighted by Crippen LogP contribution is 2.28. The Bertz CT molecular complexity index is 688. The van der Waals surface area contributed by atoms with E-state index in [2.05, 4.69) is 32.9 Å². The van der Waals surface area contributed by atoms with Gasteiger partial charge in [-0.3, -0.25) is 0 Å². The Morgan fingerprint density at radius 1 is 0.893 bits per heavy atom. The van der Waals surface area contributed by atoms with E-state index in [1.54, 1.807) is 12.1 Å². The van der Waals surface area contributed by atoms with Gasteiger partial charge in [-0.1, -0.05) is 57.2 Å². The predicted molar refractivity (Wildman–Crippen MR) is 112 cm³/mol. The van der Waals surface area contributed by atoms with Crippen LogP contribution in [0.1, 0.15) is 81.8 Å². The van der Waals surface area contributed by atoms with Crippen LogP contribution >= 0.6 is 0 Å². The fourth-order valence-electron chi connectivity index (χ4n) is 3.35. The Morgan fingerprint density at radius 3 is 2.00 bits per heavy atom. The molecule has 0 radical (unpaired) electrons. The Kier molecular flexibility index (Phi) is 8.49. The van der Waals surface area contributed by atoms with Crippen molar-refractivity contribution in [1.82, 2.24) is 0 Å². The smallest absolute Gasteiger partial charge is 0.178 e. The molecule has 0 saturated carbocycles. The lowest BCUT2D eigenvalue weighted by molar-refractivity contribution is -0.0425. The third-order valence-electron chi connectivity index (χ3n) is 5.73. The van der Waals surface area contributed by atoms with Gasteiger partial charge < -0.3 is 20.1 Å². The third-order valence-corrected chi connectivity index (χ3v) is 5.73. The lowest BCUT2D eigenvalue weighted by Crippen LogP contribution is -2.26. The van der Waals surface area contributed by atoms with Crippen LogP contribution in [0.5, 0.6) is 5.75 Å². The number of benzene rings is 2. The van der Waals surface area contributed by atoms with Crippen LogP contribution in [0.25, 0.3) is 0 Å². The number of rotatable bonds is 11. The van der Waals surface area contributed by atoms with Gasteiger partial charge in [-0.05, 0) is 61.3 Å². The average molecular weight is 387 g/mol. The van der Waals surface area contributed by atoms with E-state index in [0.29, 0.717) is 18.1 Å². The number of hydrogen-bond donors (Lipinski definition) is 3. The standard InChI is InChI=1S/C24H34O4/c1-4-24(27,5-2)16-6-7-18(3)20-12-14-22(15-13-20)28-17-19-8-10-21(11-9-19)23(25)26/h8-15,18,23,25-27H,4-7,16-17H2,1-3H3. The highest BCUT2D eigenvalue weighted by molar-refractivity contribution is 5.30. The quantitative estimate of drug-likeness (QED) is 0.471. The molecule has 2 aromatic rings. The number of aliphatic hydroxyl groups excluding tert-OH is 1. The lowest BCUT2D eigenvalue weighted by Gasteiger charge is -2.25. The topological polar surface area (TPSA) is 69.9 Å². The van der Waals surface area contributed by atoms with Gasteiger partial charge in [0.25, 0.3) is 0 Å². The SMILES string of the molecule is CCC(O)(CC)CCCC(C)c1ccc(OCc2ccc(C(O)O)cc2)cc1. The molecular weight excluding hydrogens is 352 g/mol. The molecule has 4 nitrogen and oxygen atoms in total. The van der Waals surface area contributed by atoms with E-state index >= 15 is 0 Å². The fraction of sp³-hybridized carbons (Fsp3) is 0.500. The largest absolute Gasteiger partial charge is 0.489 e. The van der Waals surface area contributed by atoms with Crippen molar-refractivity contribution in [2.24, 2.45) is 0 Å². The van der Waals surface area contributed by atoms with Crippen molar-refractivity contribution in [3.05, 3.63) is 65.2 Å². The molecule has 0 heterocycles. The van der Waals surface area contributed by atoms with E-state index in [0.717, 1.165) is 43.4 Å². The molecule has 2 aromatic carbocycles. The Labute approximate surface area is 168 Å². The van der Waals surface area contributed by atoms with Crippen LogP contribution in [0.4, 0.5) is 0 Å². The van der Waals surface area contributed by atoms with E-state index < -0.39 is 11.9 Å². The van der Waals surface area contributed by atoms with Gasteiger partial charge in [0.2, 0.25) is 0 Å². The van der Waals surface area contributed by atoms with Crippen LogP contribution in [0, 0.1) is 0 Å². The summed E-state index contributed by atoms with van der Waals surface area (Å²) in [6, 6.07) is 15.2. The van der Waals surface area contributed by atoms with Gasteiger partial charge >= 0.3 is 0 Å². The van der Waals surface area contributed by atoms with E-state index in [1.165, 1.54) is 5.56 Å². The van der Waals surface area contributed by atoms with Crippen LogP contribution in [-0.4, -0.2) is 20.9 Å². The molecule has 1 atom stereocenters. The minimum absolute atomic E-state index is 0.434. The highest BCUT2D eigenvalue weighted by Gasteiger charge is 2.21. The first-order chi connectivity index (χ1) is 13.4. The zero-order valence-corrected chi connectivity index (χ0v) is 17.3. The van der Waals surface area contributed by atoms with Gasteiger partial charge in [-0.25, -0.2) is 0 Å². The van der Waals surface area contributed by atoms with Gasteiger partial charge in [0.1, 0.15) is 12.4 Å². The highest BCUT2D eigenvalue weighted by atomic mass is 16.5. The second-order valence-electron chi connectivity index (χ2n) is 7.70. The maximum Gasteiger partial charge on any atom is 0.178 e. The second-order valence-corrected chi connectivity index (χ2v) is 7.70. The number of aliphatic hydroxyl groups is 3. The molecule has 154 valence electrons. The molecule has 28 heavy (non-hydrogen) atoms. The Hall–Kier alpha value is -1.88. The van der Waals surface area contributed by atoms with E-state index in [1.807, 2.05) is 24.3 Å². The zero-order chi connectivity index (χ0) is 20.6. The summed E-state index contributed by atoms with van der Waals surface area (Å²) >= 11 is 0. The summed E-state index contributed by atoms with van der Waals surface area (Å²) in [5.74, 6) is 1.26. The molecule has 4 heteroatoms. The van der Waals surface area contributed by atoms with E-state index in [-0.39, 0.29) is 0 Å². The summed E-state index contributed by atoms with van der Waals surface area (Å²) < 4.78 is 5.82. The summed E-state index contributed by atoms with van der Waals surface area (Å²) in [7, 11) is 0. The van der Waals surface area contributed by atoms with Crippen molar-refractivity contribution in [3.8, 4) is 5.75 Å². The summed E-state index contributed by atoms with van der Waals surface area (Å²) in [5, 5.41) is 28.7. The first kappa shape index (κ1) is 22.4. The van der Waals surface area contributed by atoms with Crippen LogP contribution in [0.15, 0.2) is 48.5 Å². The van der Waals surface area contributed by atoms with Gasteiger partial charge in [0, 0.05) is 5.56 Å². The van der Waals surface area contributed by atoms with Crippen molar-refractivity contribution < 1.29 is 20.1 Å². The molecule has 0 amide bonds. The molecule has 0 fully saturated rings. The van der Waals surface area contributed by atoms with Crippen molar-refractivity contribution in [3.63, 3.8) is 0 Å². The van der Waals surface area contributed by atoms with Crippen molar-refractivity contribution in [1.29, 1.82) is 0 Å². The van der Waals surface area contributed by atoms with E-state index in [9.17, 15) is 5.11 Å². The minimum atomic E-state index is -1.44. The van der Waals surface area contributed by atoms with E-state index in [4.69, 9.17) is 14.9 Å². The van der Waals surface area contributed by atoms with Gasteiger partial charge in [-0.2, -0.15) is 0 Å². The molecule has 1 unspecified atom stereocenters. The molecule has 0 aliphatic rings. The van der Waals surface area contributed by atoms with Gasteiger partial charge in [0.15, 0.2) is 6.29 Å². The molecule has 0 aliphatic heterocycles.